The van der Waals surface area contributed by atoms with Gasteiger partial charge in [0.25, 0.3) is 0 Å². The number of likely N-dealkylation sites (N-methyl/N-ethyl adjacent to an activating group) is 1. The molecule has 2 nitrogen and oxygen atoms in total. The Bertz CT molecular complexity index is 44.5. The maximum atomic E-state index is 4.92. The van der Waals surface area contributed by atoms with Gasteiger partial charge in [-0.3, -0.25) is 0 Å². The summed E-state index contributed by atoms with van der Waals surface area (Å²) in [6.45, 7) is 6.95. The van der Waals surface area contributed by atoms with Crippen molar-refractivity contribution in [3.05, 3.63) is 0 Å². The van der Waals surface area contributed by atoms with Gasteiger partial charge in [0.1, 0.15) is 0 Å². The van der Waals surface area contributed by atoms with Crippen LogP contribution in [0, 0.1) is 0 Å². The predicted molar refractivity (Wildman–Crippen MR) is 46.4 cm³/mol. The first kappa shape index (κ1) is 12.6. The lowest BCUT2D eigenvalue weighted by molar-refractivity contribution is 0.168. The fraction of sp³-hybridized carbons (Fsp3) is 1.00. The van der Waals surface area contributed by atoms with Crippen molar-refractivity contribution in [2.75, 3.05) is 20.8 Å². The molecule has 0 aliphatic heterocycles. The predicted octanol–water partition coefficient (Wildman–Crippen LogP) is 1.66. The summed E-state index contributed by atoms with van der Waals surface area (Å²) >= 11 is 0. The van der Waals surface area contributed by atoms with E-state index in [4.69, 9.17) is 4.74 Å². The Labute approximate surface area is 65.0 Å². The van der Waals surface area contributed by atoms with Crippen LogP contribution < -0.4 is 5.32 Å². The lowest BCUT2D eigenvalue weighted by atomic mass is 10.2. The highest BCUT2D eigenvalue weighted by atomic mass is 16.5. The van der Waals surface area contributed by atoms with E-state index in [9.17, 15) is 0 Å². The van der Waals surface area contributed by atoms with Gasteiger partial charge >= 0.3 is 0 Å². The Morgan fingerprint density at radius 3 is 2.00 bits per heavy atom. The van der Waals surface area contributed by atoms with E-state index in [0.29, 0.717) is 6.04 Å². The zero-order valence-electron chi connectivity index (χ0n) is 7.90. The molecule has 10 heavy (non-hydrogen) atoms. The summed E-state index contributed by atoms with van der Waals surface area (Å²) in [6, 6.07) is 0.528. The molecular weight excluding hydrogens is 126 g/mol. The van der Waals surface area contributed by atoms with Crippen molar-refractivity contribution >= 4 is 0 Å². The molecule has 0 aromatic carbocycles. The highest BCUT2D eigenvalue weighted by molar-refractivity contribution is 4.58. The molecule has 0 spiro atoms. The largest absolute Gasteiger partial charge is 0.383 e. The molecule has 2 heteroatoms. The Morgan fingerprint density at radius 2 is 1.90 bits per heavy atom. The minimum atomic E-state index is 0.528. The average molecular weight is 147 g/mol. The van der Waals surface area contributed by atoms with Crippen LogP contribution in [-0.4, -0.2) is 26.8 Å². The van der Waals surface area contributed by atoms with Crippen molar-refractivity contribution in [2.24, 2.45) is 0 Å². The summed E-state index contributed by atoms with van der Waals surface area (Å²) in [4.78, 5) is 0. The maximum Gasteiger partial charge on any atom is 0.0615 e. The minimum absolute atomic E-state index is 0.528. The molecule has 0 aliphatic carbocycles. The summed E-state index contributed by atoms with van der Waals surface area (Å²) in [5.41, 5.74) is 0. The molecular formula is C8H21NO. The normalized spacial score (nSPS) is 11.7. The number of hydrogen-bond donors (Lipinski definition) is 1. The molecule has 0 amide bonds. The van der Waals surface area contributed by atoms with Crippen LogP contribution in [0.15, 0.2) is 0 Å². The van der Waals surface area contributed by atoms with Crippen molar-refractivity contribution in [3.8, 4) is 0 Å². The number of hydrogen-bond acceptors (Lipinski definition) is 2. The van der Waals surface area contributed by atoms with Crippen LogP contribution in [0.25, 0.3) is 0 Å². The second kappa shape index (κ2) is 11.7. The number of methoxy groups -OCH3 is 1. The van der Waals surface area contributed by atoms with Gasteiger partial charge in [-0.25, -0.2) is 0 Å². The minimum Gasteiger partial charge on any atom is -0.383 e. The molecule has 1 N–H and O–H groups in total. The third kappa shape index (κ3) is 7.92. The molecule has 1 unspecified atom stereocenters. The van der Waals surface area contributed by atoms with Gasteiger partial charge in [-0.1, -0.05) is 20.8 Å². The van der Waals surface area contributed by atoms with E-state index in [0.717, 1.165) is 13.0 Å². The average Bonchev–Trinajstić information content (AvgIpc) is 2.04. The van der Waals surface area contributed by atoms with Gasteiger partial charge in [0.05, 0.1) is 6.61 Å². The molecule has 1 atom stereocenters. The molecule has 0 bridgehead atoms. The fourth-order valence-corrected chi connectivity index (χ4v) is 0.606. The quantitative estimate of drug-likeness (QED) is 0.653. The molecule has 0 aromatic rings. The molecule has 0 aliphatic rings. The van der Waals surface area contributed by atoms with Crippen molar-refractivity contribution in [1.29, 1.82) is 0 Å². The third-order valence-corrected chi connectivity index (χ3v) is 1.27. The second-order valence-corrected chi connectivity index (χ2v) is 1.85. The zero-order valence-corrected chi connectivity index (χ0v) is 7.90. The standard InChI is InChI=1S/C6H15NO.C2H6/c1-4-6(7-2)5-8-3;1-2/h6-7H,4-5H2,1-3H3;1-2H3. The second-order valence-electron chi connectivity index (χ2n) is 1.85. The van der Waals surface area contributed by atoms with Crippen LogP contribution in [0.2, 0.25) is 0 Å². The van der Waals surface area contributed by atoms with Gasteiger partial charge in [0, 0.05) is 13.2 Å². The lowest BCUT2D eigenvalue weighted by Gasteiger charge is -2.10. The lowest BCUT2D eigenvalue weighted by Crippen LogP contribution is -2.28. The summed E-state index contributed by atoms with van der Waals surface area (Å²) in [5.74, 6) is 0. The van der Waals surface area contributed by atoms with Crippen LogP contribution >= 0.6 is 0 Å². The fourth-order valence-electron chi connectivity index (χ4n) is 0.606. The summed E-state index contributed by atoms with van der Waals surface area (Å²) in [6.07, 6.45) is 1.13. The zero-order chi connectivity index (χ0) is 8.41. The van der Waals surface area contributed by atoms with E-state index in [1.165, 1.54) is 0 Å². The Balaban J connectivity index is 0. The van der Waals surface area contributed by atoms with E-state index in [2.05, 4.69) is 12.2 Å². The van der Waals surface area contributed by atoms with E-state index in [1.54, 1.807) is 7.11 Å². The topological polar surface area (TPSA) is 21.3 Å². The van der Waals surface area contributed by atoms with Crippen molar-refractivity contribution in [3.63, 3.8) is 0 Å². The Morgan fingerprint density at radius 1 is 1.40 bits per heavy atom. The molecule has 0 fully saturated rings. The summed E-state index contributed by atoms with van der Waals surface area (Å²) in [7, 11) is 3.67. The van der Waals surface area contributed by atoms with Gasteiger partial charge in [-0.2, -0.15) is 0 Å². The first-order valence-electron chi connectivity index (χ1n) is 4.01. The van der Waals surface area contributed by atoms with Gasteiger partial charge in [-0.05, 0) is 13.5 Å². The molecule has 0 rings (SSSR count). The first-order chi connectivity index (χ1) is 4.85. The molecule has 0 aromatic heterocycles. The van der Waals surface area contributed by atoms with Gasteiger partial charge < -0.3 is 10.1 Å². The summed E-state index contributed by atoms with van der Waals surface area (Å²) < 4.78 is 4.92. The third-order valence-electron chi connectivity index (χ3n) is 1.27. The first-order valence-corrected chi connectivity index (χ1v) is 4.01. The van der Waals surface area contributed by atoms with Crippen molar-refractivity contribution < 1.29 is 4.74 Å². The number of nitrogens with one attached hydrogen (secondary N) is 1. The highest BCUT2D eigenvalue weighted by Crippen LogP contribution is 1.87. The van der Waals surface area contributed by atoms with E-state index >= 15 is 0 Å². The van der Waals surface area contributed by atoms with E-state index in [1.807, 2.05) is 20.9 Å². The molecule has 0 saturated heterocycles. The SMILES string of the molecule is CC.CCC(COC)NC. The van der Waals surface area contributed by atoms with E-state index < -0.39 is 0 Å². The smallest absolute Gasteiger partial charge is 0.0615 e. The van der Waals surface area contributed by atoms with Gasteiger partial charge in [0.2, 0.25) is 0 Å². The van der Waals surface area contributed by atoms with Crippen LogP contribution in [0.4, 0.5) is 0 Å². The molecule has 0 radical (unpaired) electrons. The number of ether oxygens (including phenoxy) is 1. The van der Waals surface area contributed by atoms with Crippen LogP contribution in [0.3, 0.4) is 0 Å². The van der Waals surface area contributed by atoms with Crippen molar-refractivity contribution in [2.45, 2.75) is 33.2 Å². The molecule has 64 valence electrons. The van der Waals surface area contributed by atoms with Crippen LogP contribution in [-0.2, 0) is 4.74 Å². The Kier molecular flexibility index (Phi) is 14.7. The van der Waals surface area contributed by atoms with Crippen LogP contribution in [0.1, 0.15) is 27.2 Å². The van der Waals surface area contributed by atoms with Gasteiger partial charge in [-0.15, -0.1) is 0 Å². The highest BCUT2D eigenvalue weighted by Gasteiger charge is 1.98. The summed E-state index contributed by atoms with van der Waals surface area (Å²) in [5, 5.41) is 3.13. The van der Waals surface area contributed by atoms with Crippen molar-refractivity contribution in [1.82, 2.24) is 5.32 Å². The molecule has 0 saturated carbocycles. The van der Waals surface area contributed by atoms with Gasteiger partial charge in [0.15, 0.2) is 0 Å². The monoisotopic (exact) mass is 147 g/mol. The Hall–Kier alpha value is -0.0800. The molecule has 0 heterocycles. The van der Waals surface area contributed by atoms with E-state index in [-0.39, 0.29) is 0 Å². The van der Waals surface area contributed by atoms with Crippen LogP contribution in [0.5, 0.6) is 0 Å². The number of rotatable bonds is 4. The maximum absolute atomic E-state index is 4.92.